The Morgan fingerprint density at radius 2 is 1.95 bits per heavy atom. The van der Waals surface area contributed by atoms with Gasteiger partial charge in [0.25, 0.3) is 5.91 Å². The number of aromatic hydroxyl groups is 1. The lowest BCUT2D eigenvalue weighted by molar-refractivity contribution is -0.139. The Bertz CT molecular complexity index is 482. The predicted octanol–water partition coefficient (Wildman–Crippen LogP) is 1.93. The summed E-state index contributed by atoms with van der Waals surface area (Å²) in [6.07, 6.45) is 0.341. The van der Waals surface area contributed by atoms with Crippen LogP contribution >= 0.6 is 0 Å². The number of carbonyl (C=O) groups is 2. The third-order valence-electron chi connectivity index (χ3n) is 2.71. The van der Waals surface area contributed by atoms with E-state index in [9.17, 15) is 14.7 Å². The maximum absolute atomic E-state index is 12.0. The molecule has 0 aliphatic carbocycles. The van der Waals surface area contributed by atoms with Crippen LogP contribution < -0.4 is 5.32 Å². The SMILES string of the molecule is Cc1ccc(O)c(C(=O)N[C@H](CC(C)C)C(=O)O)c1. The predicted molar refractivity (Wildman–Crippen MR) is 71.2 cm³/mol. The van der Waals surface area contributed by atoms with Gasteiger partial charge in [-0.2, -0.15) is 0 Å². The second-order valence-electron chi connectivity index (χ2n) is 5.01. The van der Waals surface area contributed by atoms with Crippen molar-refractivity contribution in [1.29, 1.82) is 0 Å². The lowest BCUT2D eigenvalue weighted by Crippen LogP contribution is -2.41. The van der Waals surface area contributed by atoms with E-state index in [1.807, 2.05) is 13.8 Å². The Labute approximate surface area is 112 Å². The molecule has 1 amide bonds. The van der Waals surface area contributed by atoms with E-state index in [1.165, 1.54) is 12.1 Å². The quantitative estimate of drug-likeness (QED) is 0.759. The van der Waals surface area contributed by atoms with E-state index in [2.05, 4.69) is 5.32 Å². The third kappa shape index (κ3) is 4.28. The van der Waals surface area contributed by atoms with Gasteiger partial charge in [-0.3, -0.25) is 4.79 Å². The molecule has 1 aromatic carbocycles. The van der Waals surface area contributed by atoms with Gasteiger partial charge >= 0.3 is 5.97 Å². The number of aryl methyl sites for hydroxylation is 1. The van der Waals surface area contributed by atoms with Crippen LogP contribution in [0.2, 0.25) is 0 Å². The molecule has 1 aromatic rings. The first kappa shape index (κ1) is 15.0. The summed E-state index contributed by atoms with van der Waals surface area (Å²) >= 11 is 0. The fraction of sp³-hybridized carbons (Fsp3) is 0.429. The molecule has 0 aliphatic heterocycles. The molecule has 1 rings (SSSR count). The zero-order chi connectivity index (χ0) is 14.6. The van der Waals surface area contributed by atoms with Crippen molar-refractivity contribution in [3.8, 4) is 5.75 Å². The molecule has 0 aliphatic rings. The molecular formula is C14H19NO4. The number of amides is 1. The molecule has 0 heterocycles. The van der Waals surface area contributed by atoms with Crippen molar-refractivity contribution >= 4 is 11.9 Å². The zero-order valence-electron chi connectivity index (χ0n) is 11.3. The summed E-state index contributed by atoms with van der Waals surface area (Å²) in [6.45, 7) is 5.55. The molecule has 0 unspecified atom stereocenters. The highest BCUT2D eigenvalue weighted by molar-refractivity contribution is 5.98. The number of rotatable bonds is 5. The highest BCUT2D eigenvalue weighted by Gasteiger charge is 2.22. The van der Waals surface area contributed by atoms with Gasteiger partial charge in [-0.1, -0.05) is 25.5 Å². The molecule has 3 N–H and O–H groups in total. The third-order valence-corrected chi connectivity index (χ3v) is 2.71. The number of phenolic OH excluding ortho intramolecular Hbond substituents is 1. The van der Waals surface area contributed by atoms with Crippen LogP contribution in [0.5, 0.6) is 5.75 Å². The van der Waals surface area contributed by atoms with Crippen molar-refractivity contribution in [3.63, 3.8) is 0 Å². The Morgan fingerprint density at radius 3 is 2.47 bits per heavy atom. The molecule has 0 saturated heterocycles. The van der Waals surface area contributed by atoms with Crippen LogP contribution in [0.4, 0.5) is 0 Å². The van der Waals surface area contributed by atoms with Crippen molar-refractivity contribution in [2.45, 2.75) is 33.2 Å². The number of carboxylic acid groups (broad SMARTS) is 1. The maximum atomic E-state index is 12.0. The van der Waals surface area contributed by atoms with Gasteiger partial charge in [0.2, 0.25) is 0 Å². The lowest BCUT2D eigenvalue weighted by Gasteiger charge is -2.17. The largest absolute Gasteiger partial charge is 0.507 e. The van der Waals surface area contributed by atoms with E-state index in [4.69, 9.17) is 5.11 Å². The zero-order valence-corrected chi connectivity index (χ0v) is 11.3. The van der Waals surface area contributed by atoms with Gasteiger partial charge in [0.05, 0.1) is 5.56 Å². The fourth-order valence-corrected chi connectivity index (χ4v) is 1.76. The standard InChI is InChI=1S/C14H19NO4/c1-8(2)6-11(14(18)19)15-13(17)10-7-9(3)4-5-12(10)16/h4-5,7-8,11,16H,6H2,1-3H3,(H,15,17)(H,18,19)/t11-/m1/s1. The summed E-state index contributed by atoms with van der Waals surface area (Å²) in [4.78, 5) is 23.1. The normalized spacial score (nSPS) is 12.2. The molecule has 19 heavy (non-hydrogen) atoms. The minimum atomic E-state index is -1.07. The number of hydrogen-bond acceptors (Lipinski definition) is 3. The maximum Gasteiger partial charge on any atom is 0.326 e. The number of carbonyl (C=O) groups excluding carboxylic acids is 1. The van der Waals surface area contributed by atoms with Gasteiger partial charge in [-0.15, -0.1) is 0 Å². The number of benzene rings is 1. The average molecular weight is 265 g/mol. The van der Waals surface area contributed by atoms with E-state index < -0.39 is 17.9 Å². The van der Waals surface area contributed by atoms with Gasteiger partial charge in [-0.25, -0.2) is 4.79 Å². The van der Waals surface area contributed by atoms with E-state index in [0.717, 1.165) is 5.56 Å². The molecule has 0 fully saturated rings. The highest BCUT2D eigenvalue weighted by atomic mass is 16.4. The van der Waals surface area contributed by atoms with Gasteiger partial charge < -0.3 is 15.5 Å². The number of carboxylic acids is 1. The van der Waals surface area contributed by atoms with Crippen molar-refractivity contribution < 1.29 is 19.8 Å². The number of aliphatic carboxylic acids is 1. The Kier molecular flexibility index (Phi) is 4.92. The molecule has 0 radical (unpaired) electrons. The number of phenols is 1. The molecule has 1 atom stereocenters. The molecule has 0 saturated carbocycles. The van der Waals surface area contributed by atoms with Gasteiger partial charge in [0, 0.05) is 0 Å². The summed E-state index contributed by atoms with van der Waals surface area (Å²) < 4.78 is 0. The van der Waals surface area contributed by atoms with E-state index in [-0.39, 0.29) is 17.2 Å². The van der Waals surface area contributed by atoms with Crippen LogP contribution in [-0.4, -0.2) is 28.1 Å². The van der Waals surface area contributed by atoms with Gasteiger partial charge in [0.15, 0.2) is 0 Å². The van der Waals surface area contributed by atoms with E-state index in [1.54, 1.807) is 13.0 Å². The fourth-order valence-electron chi connectivity index (χ4n) is 1.76. The van der Waals surface area contributed by atoms with Crippen LogP contribution in [0, 0.1) is 12.8 Å². The van der Waals surface area contributed by atoms with Crippen LogP contribution in [0.3, 0.4) is 0 Å². The summed E-state index contributed by atoms with van der Waals surface area (Å²) in [5, 5.41) is 21.1. The monoisotopic (exact) mass is 265 g/mol. The summed E-state index contributed by atoms with van der Waals surface area (Å²) in [5.41, 5.74) is 0.911. The van der Waals surface area contributed by atoms with Crippen molar-refractivity contribution in [1.82, 2.24) is 5.32 Å². The minimum Gasteiger partial charge on any atom is -0.507 e. The first-order valence-corrected chi connectivity index (χ1v) is 6.14. The van der Waals surface area contributed by atoms with Crippen LogP contribution in [0.1, 0.15) is 36.2 Å². The average Bonchev–Trinajstić information content (AvgIpc) is 2.30. The van der Waals surface area contributed by atoms with Crippen LogP contribution in [0.25, 0.3) is 0 Å². The summed E-state index contributed by atoms with van der Waals surface area (Å²) in [5.74, 6) is -1.66. The number of nitrogens with one attached hydrogen (secondary N) is 1. The molecule has 0 bridgehead atoms. The topological polar surface area (TPSA) is 86.6 Å². The Balaban J connectivity index is 2.87. The smallest absolute Gasteiger partial charge is 0.326 e. The van der Waals surface area contributed by atoms with Crippen molar-refractivity contribution in [3.05, 3.63) is 29.3 Å². The summed E-state index contributed by atoms with van der Waals surface area (Å²) in [7, 11) is 0. The molecule has 5 heteroatoms. The first-order chi connectivity index (χ1) is 8.81. The second kappa shape index (κ2) is 6.22. The van der Waals surface area contributed by atoms with E-state index >= 15 is 0 Å². The van der Waals surface area contributed by atoms with Crippen LogP contribution in [0.15, 0.2) is 18.2 Å². The molecule has 104 valence electrons. The molecule has 5 nitrogen and oxygen atoms in total. The molecular weight excluding hydrogens is 246 g/mol. The van der Waals surface area contributed by atoms with Crippen molar-refractivity contribution in [2.24, 2.45) is 5.92 Å². The Hall–Kier alpha value is -2.04. The van der Waals surface area contributed by atoms with E-state index in [0.29, 0.717) is 6.42 Å². The summed E-state index contributed by atoms with van der Waals surface area (Å²) in [6, 6.07) is 3.67. The Morgan fingerprint density at radius 1 is 1.32 bits per heavy atom. The first-order valence-electron chi connectivity index (χ1n) is 6.14. The molecule has 0 aromatic heterocycles. The lowest BCUT2D eigenvalue weighted by atomic mass is 10.0. The number of hydrogen-bond donors (Lipinski definition) is 3. The van der Waals surface area contributed by atoms with Crippen LogP contribution in [-0.2, 0) is 4.79 Å². The second-order valence-corrected chi connectivity index (χ2v) is 5.01. The van der Waals surface area contributed by atoms with Gasteiger partial charge in [-0.05, 0) is 31.4 Å². The minimum absolute atomic E-state index is 0.0926. The molecule has 0 spiro atoms. The highest BCUT2D eigenvalue weighted by Crippen LogP contribution is 2.18. The van der Waals surface area contributed by atoms with Gasteiger partial charge in [0.1, 0.15) is 11.8 Å². The van der Waals surface area contributed by atoms with Crippen molar-refractivity contribution in [2.75, 3.05) is 0 Å².